The number of nitrogens with zero attached hydrogens (tertiary/aromatic N) is 2. The van der Waals surface area contributed by atoms with E-state index in [4.69, 9.17) is 10.4 Å². The van der Waals surface area contributed by atoms with Crippen LogP contribution in [0, 0.1) is 0 Å². The number of benzene rings is 1. The Morgan fingerprint density at radius 2 is 2.07 bits per heavy atom. The van der Waals surface area contributed by atoms with Crippen LogP contribution in [0.4, 0.5) is 0 Å². The van der Waals surface area contributed by atoms with Crippen LogP contribution in [-0.2, 0) is 11.4 Å². The molecule has 0 saturated heterocycles. The smallest absolute Gasteiger partial charge is 0.255 e. The zero-order valence-electron chi connectivity index (χ0n) is 7.68. The van der Waals surface area contributed by atoms with Gasteiger partial charge in [0.15, 0.2) is 0 Å². The van der Waals surface area contributed by atoms with Crippen molar-refractivity contribution in [3.8, 4) is 11.4 Å². The Labute approximate surface area is 94.3 Å². The Hall–Kier alpha value is -1.24. The molecule has 0 radical (unpaired) electrons. The first-order chi connectivity index (χ1) is 7.29. The van der Waals surface area contributed by atoms with Gasteiger partial charge in [-0.15, -0.1) is 0 Å². The molecule has 78 valence electrons. The van der Waals surface area contributed by atoms with E-state index in [1.54, 1.807) is 0 Å². The predicted molar refractivity (Wildman–Crippen MR) is 56.4 cm³/mol. The minimum Gasteiger partial charge on any atom is -0.336 e. The fourth-order valence-electron chi connectivity index (χ4n) is 1.10. The van der Waals surface area contributed by atoms with E-state index >= 15 is 0 Å². The van der Waals surface area contributed by atoms with E-state index in [0.717, 1.165) is 10.0 Å². The quantitative estimate of drug-likeness (QED) is 0.862. The molecular formula is C9H8BrN3O2. The minimum atomic E-state index is 0.115. The molecule has 2 N–H and O–H groups in total. The first-order valence-corrected chi connectivity index (χ1v) is 4.99. The van der Waals surface area contributed by atoms with Gasteiger partial charge in [-0.3, -0.25) is 4.84 Å². The van der Waals surface area contributed by atoms with Gasteiger partial charge in [-0.2, -0.15) is 4.98 Å². The summed E-state index contributed by atoms with van der Waals surface area (Å²) in [5.41, 5.74) is 0.880. The Morgan fingerprint density at radius 1 is 1.33 bits per heavy atom. The van der Waals surface area contributed by atoms with Crippen molar-refractivity contribution in [1.82, 2.24) is 10.1 Å². The maximum Gasteiger partial charge on any atom is 0.255 e. The van der Waals surface area contributed by atoms with Crippen molar-refractivity contribution >= 4 is 15.9 Å². The van der Waals surface area contributed by atoms with Crippen LogP contribution in [0.5, 0.6) is 0 Å². The lowest BCUT2D eigenvalue weighted by Crippen LogP contribution is -1.98. The van der Waals surface area contributed by atoms with Crippen LogP contribution in [-0.4, -0.2) is 10.1 Å². The molecule has 2 aromatic rings. The molecule has 0 unspecified atom stereocenters. The van der Waals surface area contributed by atoms with Crippen LogP contribution in [0.3, 0.4) is 0 Å². The van der Waals surface area contributed by atoms with Gasteiger partial charge >= 0.3 is 0 Å². The van der Waals surface area contributed by atoms with Gasteiger partial charge in [0.1, 0.15) is 6.61 Å². The van der Waals surface area contributed by atoms with E-state index in [-0.39, 0.29) is 6.61 Å². The van der Waals surface area contributed by atoms with E-state index in [0.29, 0.717) is 11.7 Å². The summed E-state index contributed by atoms with van der Waals surface area (Å²) >= 11 is 3.35. The molecule has 0 bridgehead atoms. The second-order valence-corrected chi connectivity index (χ2v) is 3.75. The second-order valence-electron chi connectivity index (χ2n) is 2.83. The highest BCUT2D eigenvalue weighted by Crippen LogP contribution is 2.18. The second kappa shape index (κ2) is 4.52. The molecule has 0 amide bonds. The zero-order chi connectivity index (χ0) is 10.7. The van der Waals surface area contributed by atoms with E-state index < -0.39 is 0 Å². The summed E-state index contributed by atoms with van der Waals surface area (Å²) in [6.07, 6.45) is 0. The maximum atomic E-state index is 4.91. The summed E-state index contributed by atoms with van der Waals surface area (Å²) < 4.78 is 5.91. The summed E-state index contributed by atoms with van der Waals surface area (Å²) in [7, 11) is 0. The largest absolute Gasteiger partial charge is 0.336 e. The van der Waals surface area contributed by atoms with Gasteiger partial charge in [0.2, 0.25) is 5.82 Å². The Bertz CT molecular complexity index is 441. The van der Waals surface area contributed by atoms with Crippen molar-refractivity contribution in [2.24, 2.45) is 5.90 Å². The number of hydrogen-bond acceptors (Lipinski definition) is 5. The lowest BCUT2D eigenvalue weighted by Gasteiger charge is -1.93. The van der Waals surface area contributed by atoms with Crippen LogP contribution >= 0.6 is 15.9 Å². The molecule has 5 nitrogen and oxygen atoms in total. The lowest BCUT2D eigenvalue weighted by molar-refractivity contribution is 0.0996. The number of halogens is 1. The van der Waals surface area contributed by atoms with Gasteiger partial charge in [-0.1, -0.05) is 21.1 Å². The Morgan fingerprint density at radius 3 is 2.73 bits per heavy atom. The first-order valence-electron chi connectivity index (χ1n) is 4.20. The van der Waals surface area contributed by atoms with Crippen LogP contribution < -0.4 is 5.90 Å². The Balaban J connectivity index is 2.25. The minimum absolute atomic E-state index is 0.115. The SMILES string of the molecule is NOCc1nc(-c2ccc(Br)cc2)no1. The van der Waals surface area contributed by atoms with E-state index in [1.807, 2.05) is 24.3 Å². The van der Waals surface area contributed by atoms with Crippen LogP contribution in [0.25, 0.3) is 11.4 Å². The molecule has 1 heterocycles. The van der Waals surface area contributed by atoms with Gasteiger partial charge in [0, 0.05) is 10.0 Å². The molecule has 0 aliphatic carbocycles. The first kappa shape index (κ1) is 10.3. The monoisotopic (exact) mass is 269 g/mol. The number of aromatic nitrogens is 2. The molecule has 6 heteroatoms. The van der Waals surface area contributed by atoms with Gasteiger partial charge in [-0.05, 0) is 24.3 Å². The van der Waals surface area contributed by atoms with Gasteiger partial charge in [0.25, 0.3) is 5.89 Å². The summed E-state index contributed by atoms with van der Waals surface area (Å²) in [5, 5.41) is 3.80. The summed E-state index contributed by atoms with van der Waals surface area (Å²) in [5.74, 6) is 5.77. The molecule has 1 aromatic carbocycles. The fourth-order valence-corrected chi connectivity index (χ4v) is 1.37. The third kappa shape index (κ3) is 2.41. The number of nitrogens with two attached hydrogens (primary N) is 1. The summed E-state index contributed by atoms with van der Waals surface area (Å²) in [6.45, 7) is 0.115. The van der Waals surface area contributed by atoms with Gasteiger partial charge < -0.3 is 4.52 Å². The van der Waals surface area contributed by atoms with Gasteiger partial charge in [-0.25, -0.2) is 5.90 Å². The standard InChI is InChI=1S/C9H8BrN3O2/c10-7-3-1-6(2-4-7)9-12-8(5-14-11)15-13-9/h1-4H,5,11H2. The average Bonchev–Trinajstić information content (AvgIpc) is 2.68. The van der Waals surface area contributed by atoms with E-state index in [1.165, 1.54) is 0 Å². The zero-order valence-corrected chi connectivity index (χ0v) is 9.27. The molecule has 0 atom stereocenters. The van der Waals surface area contributed by atoms with Crippen LogP contribution in [0.1, 0.15) is 5.89 Å². The highest BCUT2D eigenvalue weighted by Gasteiger charge is 2.07. The van der Waals surface area contributed by atoms with E-state index in [9.17, 15) is 0 Å². The topological polar surface area (TPSA) is 74.2 Å². The number of rotatable bonds is 3. The molecule has 0 saturated carbocycles. The summed E-state index contributed by atoms with van der Waals surface area (Å²) in [4.78, 5) is 8.49. The van der Waals surface area contributed by atoms with Crippen molar-refractivity contribution in [3.05, 3.63) is 34.6 Å². The highest BCUT2D eigenvalue weighted by molar-refractivity contribution is 9.10. The van der Waals surface area contributed by atoms with Crippen molar-refractivity contribution in [2.45, 2.75) is 6.61 Å². The fraction of sp³-hybridized carbons (Fsp3) is 0.111. The molecule has 15 heavy (non-hydrogen) atoms. The van der Waals surface area contributed by atoms with Crippen LogP contribution in [0.15, 0.2) is 33.3 Å². The average molecular weight is 270 g/mol. The molecular weight excluding hydrogens is 262 g/mol. The molecule has 0 aliphatic rings. The third-order valence-electron chi connectivity index (χ3n) is 1.78. The van der Waals surface area contributed by atoms with Crippen molar-refractivity contribution < 1.29 is 9.36 Å². The molecule has 2 rings (SSSR count). The predicted octanol–water partition coefficient (Wildman–Crippen LogP) is 1.89. The van der Waals surface area contributed by atoms with Crippen molar-refractivity contribution in [2.75, 3.05) is 0 Å². The van der Waals surface area contributed by atoms with Gasteiger partial charge in [0.05, 0.1) is 0 Å². The van der Waals surface area contributed by atoms with Crippen molar-refractivity contribution in [1.29, 1.82) is 0 Å². The Kier molecular flexibility index (Phi) is 3.10. The molecule has 0 spiro atoms. The lowest BCUT2D eigenvalue weighted by atomic mass is 10.2. The van der Waals surface area contributed by atoms with Crippen LogP contribution in [0.2, 0.25) is 0 Å². The number of hydrogen-bond donors (Lipinski definition) is 1. The normalized spacial score (nSPS) is 10.5. The molecule has 1 aromatic heterocycles. The third-order valence-corrected chi connectivity index (χ3v) is 2.31. The highest BCUT2D eigenvalue weighted by atomic mass is 79.9. The summed E-state index contributed by atoms with van der Waals surface area (Å²) in [6, 6.07) is 7.60. The van der Waals surface area contributed by atoms with Crippen molar-refractivity contribution in [3.63, 3.8) is 0 Å². The maximum absolute atomic E-state index is 4.91. The molecule has 0 fully saturated rings. The molecule has 0 aliphatic heterocycles. The van der Waals surface area contributed by atoms with E-state index in [2.05, 4.69) is 30.9 Å².